The van der Waals surface area contributed by atoms with Crippen LogP contribution in [0.5, 0.6) is 0 Å². The average Bonchev–Trinajstić information content (AvgIpc) is 2.26. The maximum Gasteiger partial charge on any atom is 0.145 e. The molecule has 0 aliphatic carbocycles. The Hall–Kier alpha value is -1.28. The van der Waals surface area contributed by atoms with Gasteiger partial charge < -0.3 is 5.73 Å². The molecular formula is C10H14N4S. The molecule has 0 fully saturated rings. The number of nitrogen functional groups attached to an aromatic ring is 1. The van der Waals surface area contributed by atoms with Gasteiger partial charge in [-0.1, -0.05) is 13.8 Å². The van der Waals surface area contributed by atoms with Crippen LogP contribution >= 0.6 is 11.8 Å². The van der Waals surface area contributed by atoms with Crippen molar-refractivity contribution < 1.29 is 0 Å². The summed E-state index contributed by atoms with van der Waals surface area (Å²) in [5, 5.41) is 9.24. The normalized spacial score (nSPS) is 12.1. The van der Waals surface area contributed by atoms with Crippen molar-refractivity contribution in [1.29, 1.82) is 5.26 Å². The molecule has 5 heteroatoms. The predicted octanol–water partition coefficient (Wildman–Crippen LogP) is 1.96. The number of nitrogens with two attached hydrogens (primary N) is 1. The van der Waals surface area contributed by atoms with Gasteiger partial charge in [-0.2, -0.15) is 17.0 Å². The van der Waals surface area contributed by atoms with Crippen molar-refractivity contribution in [1.82, 2.24) is 9.97 Å². The van der Waals surface area contributed by atoms with Crippen LogP contribution in [0.2, 0.25) is 0 Å². The Bertz CT molecular complexity index is 372. The van der Waals surface area contributed by atoms with E-state index in [0.29, 0.717) is 16.6 Å². The van der Waals surface area contributed by atoms with E-state index < -0.39 is 0 Å². The third kappa shape index (κ3) is 3.40. The highest BCUT2D eigenvalue weighted by molar-refractivity contribution is 7.99. The maximum atomic E-state index is 8.65. The van der Waals surface area contributed by atoms with Crippen LogP contribution in [0.4, 0.5) is 5.82 Å². The molecule has 0 bridgehead atoms. The van der Waals surface area contributed by atoms with E-state index in [0.717, 1.165) is 12.2 Å². The zero-order chi connectivity index (χ0) is 11.3. The minimum absolute atomic E-state index is 0.271. The van der Waals surface area contributed by atoms with Gasteiger partial charge >= 0.3 is 0 Å². The van der Waals surface area contributed by atoms with Gasteiger partial charge in [0.2, 0.25) is 0 Å². The summed E-state index contributed by atoms with van der Waals surface area (Å²) in [5.41, 5.74) is 5.93. The molecule has 1 unspecified atom stereocenters. The van der Waals surface area contributed by atoms with E-state index >= 15 is 0 Å². The summed E-state index contributed by atoms with van der Waals surface area (Å²) < 4.78 is 0. The Labute approximate surface area is 93.9 Å². The monoisotopic (exact) mass is 222 g/mol. The lowest BCUT2D eigenvalue weighted by Crippen LogP contribution is -2.02. The highest BCUT2D eigenvalue weighted by Crippen LogP contribution is 2.18. The Kier molecular flexibility index (Phi) is 4.37. The van der Waals surface area contributed by atoms with Crippen molar-refractivity contribution in [3.8, 4) is 6.07 Å². The first-order chi connectivity index (χ1) is 7.17. The van der Waals surface area contributed by atoms with Gasteiger partial charge in [0.05, 0.1) is 11.9 Å². The molecule has 0 saturated carbocycles. The van der Waals surface area contributed by atoms with Gasteiger partial charge in [-0.3, -0.25) is 0 Å². The predicted molar refractivity (Wildman–Crippen MR) is 62.2 cm³/mol. The number of aromatic nitrogens is 2. The number of thioether (sulfide) groups is 1. The molecule has 2 N–H and O–H groups in total. The lowest BCUT2D eigenvalue weighted by molar-refractivity contribution is 0.901. The fourth-order valence-corrected chi connectivity index (χ4v) is 1.73. The van der Waals surface area contributed by atoms with Crippen LogP contribution in [-0.2, 0) is 5.75 Å². The summed E-state index contributed by atoms with van der Waals surface area (Å²) in [6, 6.07) is 1.94. The molecule has 0 aliphatic heterocycles. The van der Waals surface area contributed by atoms with Gasteiger partial charge in [0.15, 0.2) is 0 Å². The zero-order valence-corrected chi connectivity index (χ0v) is 9.71. The summed E-state index contributed by atoms with van der Waals surface area (Å²) in [6.07, 6.45) is 2.60. The van der Waals surface area contributed by atoms with Crippen molar-refractivity contribution in [2.75, 3.05) is 5.73 Å². The highest BCUT2D eigenvalue weighted by atomic mass is 32.2. The fourth-order valence-electron chi connectivity index (χ4n) is 0.924. The van der Waals surface area contributed by atoms with E-state index in [4.69, 9.17) is 11.0 Å². The van der Waals surface area contributed by atoms with Crippen LogP contribution in [-0.4, -0.2) is 15.2 Å². The Balaban J connectivity index is 2.64. The van der Waals surface area contributed by atoms with Gasteiger partial charge in [0.25, 0.3) is 0 Å². The molecule has 1 aromatic heterocycles. The molecule has 80 valence electrons. The summed E-state index contributed by atoms with van der Waals surface area (Å²) >= 11 is 1.79. The fraction of sp³-hybridized carbons (Fsp3) is 0.500. The minimum Gasteiger partial charge on any atom is -0.382 e. The van der Waals surface area contributed by atoms with Crippen molar-refractivity contribution in [2.45, 2.75) is 31.3 Å². The third-order valence-electron chi connectivity index (χ3n) is 2.06. The average molecular weight is 222 g/mol. The van der Waals surface area contributed by atoms with Crippen LogP contribution in [0.25, 0.3) is 0 Å². The molecule has 15 heavy (non-hydrogen) atoms. The van der Waals surface area contributed by atoms with E-state index in [1.165, 1.54) is 6.20 Å². The summed E-state index contributed by atoms with van der Waals surface area (Å²) in [5.74, 6) is 1.70. The molecule has 1 aromatic rings. The number of anilines is 1. The topological polar surface area (TPSA) is 75.6 Å². The van der Waals surface area contributed by atoms with Crippen LogP contribution < -0.4 is 5.73 Å². The number of hydrogen-bond donors (Lipinski definition) is 1. The Morgan fingerprint density at radius 2 is 2.40 bits per heavy atom. The molecule has 0 aliphatic rings. The summed E-state index contributed by atoms with van der Waals surface area (Å²) in [6.45, 7) is 4.31. The molecule has 0 saturated heterocycles. The Morgan fingerprint density at radius 3 is 2.93 bits per heavy atom. The second kappa shape index (κ2) is 5.56. The van der Waals surface area contributed by atoms with E-state index in [9.17, 15) is 0 Å². The van der Waals surface area contributed by atoms with Crippen LogP contribution in [0.1, 0.15) is 31.7 Å². The van der Waals surface area contributed by atoms with E-state index in [2.05, 4.69) is 23.8 Å². The van der Waals surface area contributed by atoms with Gasteiger partial charge in [0, 0.05) is 5.25 Å². The van der Waals surface area contributed by atoms with Crippen LogP contribution in [0.15, 0.2) is 6.20 Å². The second-order valence-electron chi connectivity index (χ2n) is 3.23. The van der Waals surface area contributed by atoms with Crippen LogP contribution in [0, 0.1) is 11.3 Å². The molecule has 0 aromatic carbocycles. The lowest BCUT2D eigenvalue weighted by Gasteiger charge is -2.07. The molecule has 1 heterocycles. The largest absolute Gasteiger partial charge is 0.382 e. The van der Waals surface area contributed by atoms with Crippen molar-refractivity contribution >= 4 is 17.6 Å². The molecule has 0 amide bonds. The Morgan fingerprint density at radius 1 is 1.67 bits per heavy atom. The van der Waals surface area contributed by atoms with Crippen molar-refractivity contribution in [2.24, 2.45) is 0 Å². The third-order valence-corrected chi connectivity index (χ3v) is 3.39. The number of hydrogen-bond acceptors (Lipinski definition) is 5. The minimum atomic E-state index is 0.271. The van der Waals surface area contributed by atoms with E-state index in [-0.39, 0.29) is 5.82 Å². The quantitative estimate of drug-likeness (QED) is 0.842. The second-order valence-corrected chi connectivity index (χ2v) is 4.65. The van der Waals surface area contributed by atoms with Gasteiger partial charge in [-0.15, -0.1) is 0 Å². The lowest BCUT2D eigenvalue weighted by atomic mass is 10.3. The van der Waals surface area contributed by atoms with E-state index in [1.807, 2.05) is 6.07 Å². The standard InChI is InChI=1S/C10H14N4S/c1-3-7(2)15-6-9-13-5-8(4-11)10(12)14-9/h5,7H,3,6H2,1-2H3,(H2,12,13,14). The SMILES string of the molecule is CCC(C)SCc1ncc(C#N)c(N)n1. The molecule has 0 radical (unpaired) electrons. The first-order valence-electron chi connectivity index (χ1n) is 4.80. The molecule has 1 rings (SSSR count). The van der Waals surface area contributed by atoms with Gasteiger partial charge in [-0.05, 0) is 6.42 Å². The molecule has 4 nitrogen and oxygen atoms in total. The first-order valence-corrected chi connectivity index (χ1v) is 5.85. The van der Waals surface area contributed by atoms with Crippen molar-refractivity contribution in [3.63, 3.8) is 0 Å². The number of nitriles is 1. The van der Waals surface area contributed by atoms with Crippen molar-refractivity contribution in [3.05, 3.63) is 17.6 Å². The van der Waals surface area contributed by atoms with Crippen LogP contribution in [0.3, 0.4) is 0 Å². The zero-order valence-electron chi connectivity index (χ0n) is 8.90. The maximum absolute atomic E-state index is 8.65. The number of rotatable bonds is 4. The molecule has 0 spiro atoms. The summed E-state index contributed by atoms with van der Waals surface area (Å²) in [7, 11) is 0. The number of nitrogens with zero attached hydrogens (tertiary/aromatic N) is 3. The molecule has 1 atom stereocenters. The van der Waals surface area contributed by atoms with Gasteiger partial charge in [0.1, 0.15) is 23.3 Å². The summed E-state index contributed by atoms with van der Waals surface area (Å²) in [4.78, 5) is 8.16. The first kappa shape index (κ1) is 11.8. The molecular weight excluding hydrogens is 208 g/mol. The highest BCUT2D eigenvalue weighted by Gasteiger charge is 2.05. The smallest absolute Gasteiger partial charge is 0.145 e. The van der Waals surface area contributed by atoms with E-state index in [1.54, 1.807) is 11.8 Å². The van der Waals surface area contributed by atoms with Gasteiger partial charge in [-0.25, -0.2) is 9.97 Å².